The van der Waals surface area contributed by atoms with E-state index in [0.717, 1.165) is 34.0 Å². The van der Waals surface area contributed by atoms with Crippen LogP contribution >= 0.6 is 0 Å². The summed E-state index contributed by atoms with van der Waals surface area (Å²) in [6.45, 7) is 4.21. The number of hydrogen-bond donors (Lipinski definition) is 1. The van der Waals surface area contributed by atoms with E-state index >= 15 is 0 Å². The van der Waals surface area contributed by atoms with Crippen LogP contribution in [0.1, 0.15) is 27.2 Å². The summed E-state index contributed by atoms with van der Waals surface area (Å²) in [4.78, 5) is 17.2. The quantitative estimate of drug-likeness (QED) is 0.409. The lowest BCUT2D eigenvalue weighted by molar-refractivity contribution is 0.0951. The van der Waals surface area contributed by atoms with E-state index in [1.54, 1.807) is 18.3 Å². The van der Waals surface area contributed by atoms with Crippen molar-refractivity contribution in [3.05, 3.63) is 113 Å². The zero-order valence-electron chi connectivity index (χ0n) is 17.8. The molecule has 0 unspecified atom stereocenters. The van der Waals surface area contributed by atoms with Crippen molar-refractivity contribution in [1.29, 1.82) is 0 Å². The molecule has 0 saturated heterocycles. The Kier molecular flexibility index (Phi) is 6.08. The van der Waals surface area contributed by atoms with Gasteiger partial charge in [0.05, 0.1) is 0 Å². The number of halogens is 2. The Morgan fingerprint density at radius 2 is 1.59 bits per heavy atom. The monoisotopic (exact) mass is 428 g/mol. The van der Waals surface area contributed by atoms with Gasteiger partial charge in [-0.15, -0.1) is 0 Å². The zero-order valence-corrected chi connectivity index (χ0v) is 17.8. The number of nitrogens with zero attached hydrogens (tertiary/aromatic N) is 1. The third kappa shape index (κ3) is 4.89. The van der Waals surface area contributed by atoms with E-state index < -0.39 is 11.6 Å². The third-order valence-corrected chi connectivity index (χ3v) is 5.25. The number of carbonyl (C=O) groups is 1. The number of pyridine rings is 1. The molecule has 1 aromatic heterocycles. The van der Waals surface area contributed by atoms with Gasteiger partial charge in [0, 0.05) is 35.6 Å². The molecule has 0 saturated carbocycles. The highest BCUT2D eigenvalue weighted by Gasteiger charge is 2.14. The maximum Gasteiger partial charge on any atom is 0.251 e. The van der Waals surface area contributed by atoms with E-state index in [-0.39, 0.29) is 11.5 Å². The van der Waals surface area contributed by atoms with Crippen molar-refractivity contribution in [3.63, 3.8) is 0 Å². The van der Waals surface area contributed by atoms with Crippen LogP contribution in [0.2, 0.25) is 0 Å². The Balaban J connectivity index is 1.71. The van der Waals surface area contributed by atoms with Gasteiger partial charge in [0.2, 0.25) is 0 Å². The van der Waals surface area contributed by atoms with Crippen LogP contribution in [0.25, 0.3) is 22.3 Å². The average molecular weight is 428 g/mol. The highest BCUT2D eigenvalue weighted by atomic mass is 19.1. The SMILES string of the molecule is Cc1ccc(-c2cc(C(=O)NCc3ccc(C)nc3)cc(-c3ccc(F)cc3F)c2)cc1. The van der Waals surface area contributed by atoms with Crippen molar-refractivity contribution in [2.24, 2.45) is 0 Å². The number of nitrogens with one attached hydrogen (secondary N) is 1. The van der Waals surface area contributed by atoms with Crippen molar-refractivity contribution in [3.8, 4) is 22.3 Å². The zero-order chi connectivity index (χ0) is 22.7. The number of carbonyl (C=O) groups excluding carboxylic acids is 1. The van der Waals surface area contributed by atoms with Crippen LogP contribution in [0.5, 0.6) is 0 Å². The van der Waals surface area contributed by atoms with Crippen LogP contribution in [0.3, 0.4) is 0 Å². The molecule has 160 valence electrons. The predicted molar refractivity (Wildman–Crippen MR) is 122 cm³/mol. The molecule has 0 atom stereocenters. The normalized spacial score (nSPS) is 10.8. The molecule has 5 heteroatoms. The van der Waals surface area contributed by atoms with E-state index in [1.807, 2.05) is 56.3 Å². The van der Waals surface area contributed by atoms with Gasteiger partial charge in [-0.05, 0) is 72.5 Å². The first-order valence-corrected chi connectivity index (χ1v) is 10.3. The van der Waals surface area contributed by atoms with Crippen molar-refractivity contribution in [1.82, 2.24) is 10.3 Å². The Labute approximate surface area is 185 Å². The molecule has 3 nitrogen and oxygen atoms in total. The first-order chi connectivity index (χ1) is 15.4. The number of aryl methyl sites for hydroxylation is 2. The summed E-state index contributed by atoms with van der Waals surface area (Å²) < 4.78 is 27.9. The van der Waals surface area contributed by atoms with Gasteiger partial charge in [-0.2, -0.15) is 0 Å². The fraction of sp³-hybridized carbons (Fsp3) is 0.111. The maximum absolute atomic E-state index is 14.5. The Morgan fingerprint density at radius 3 is 2.28 bits per heavy atom. The van der Waals surface area contributed by atoms with Crippen molar-refractivity contribution >= 4 is 5.91 Å². The van der Waals surface area contributed by atoms with E-state index in [0.29, 0.717) is 17.7 Å². The average Bonchev–Trinajstić information content (AvgIpc) is 2.78. The number of hydrogen-bond acceptors (Lipinski definition) is 2. The van der Waals surface area contributed by atoms with Gasteiger partial charge in [0.15, 0.2) is 0 Å². The first-order valence-electron chi connectivity index (χ1n) is 10.3. The molecule has 0 aliphatic heterocycles. The van der Waals surface area contributed by atoms with Crippen LogP contribution in [0, 0.1) is 25.5 Å². The minimum absolute atomic E-state index is 0.233. The van der Waals surface area contributed by atoms with Gasteiger partial charge in [-0.1, -0.05) is 35.9 Å². The van der Waals surface area contributed by atoms with Crippen LogP contribution < -0.4 is 5.32 Å². The molecule has 0 radical (unpaired) electrons. The third-order valence-electron chi connectivity index (χ3n) is 5.25. The lowest BCUT2D eigenvalue weighted by Crippen LogP contribution is -2.23. The predicted octanol–water partition coefficient (Wildman–Crippen LogP) is 6.24. The summed E-state index contributed by atoms with van der Waals surface area (Å²) >= 11 is 0. The molecule has 1 amide bonds. The first kappa shape index (κ1) is 21.4. The molecule has 32 heavy (non-hydrogen) atoms. The van der Waals surface area contributed by atoms with Crippen molar-refractivity contribution in [2.45, 2.75) is 20.4 Å². The number of benzene rings is 3. The standard InChI is InChI=1S/C27H22F2N2O/c1-17-3-7-20(8-4-17)21-11-22(25-10-9-24(28)14-26(25)29)13-23(12-21)27(32)31-16-19-6-5-18(2)30-15-19/h3-15H,16H2,1-2H3,(H,31,32). The molecule has 3 aromatic carbocycles. The van der Waals surface area contributed by atoms with Crippen LogP contribution in [0.15, 0.2) is 79.0 Å². The van der Waals surface area contributed by atoms with Gasteiger partial charge in [0.1, 0.15) is 11.6 Å². The fourth-order valence-corrected chi connectivity index (χ4v) is 3.44. The van der Waals surface area contributed by atoms with Gasteiger partial charge in [0.25, 0.3) is 5.91 Å². The Morgan fingerprint density at radius 1 is 0.844 bits per heavy atom. The van der Waals surface area contributed by atoms with Crippen LogP contribution in [0.4, 0.5) is 8.78 Å². The lowest BCUT2D eigenvalue weighted by Gasteiger charge is -2.12. The summed E-state index contributed by atoms with van der Waals surface area (Å²) in [5.41, 5.74) is 5.69. The van der Waals surface area contributed by atoms with E-state index in [2.05, 4.69) is 10.3 Å². The topological polar surface area (TPSA) is 42.0 Å². The summed E-state index contributed by atoms with van der Waals surface area (Å²) in [6, 6.07) is 20.3. The molecule has 1 N–H and O–H groups in total. The lowest BCUT2D eigenvalue weighted by atomic mass is 9.95. The largest absolute Gasteiger partial charge is 0.348 e. The second-order valence-corrected chi connectivity index (χ2v) is 7.78. The van der Waals surface area contributed by atoms with Crippen molar-refractivity contribution < 1.29 is 13.6 Å². The molecule has 0 aliphatic carbocycles. The fourth-order valence-electron chi connectivity index (χ4n) is 3.44. The molecule has 4 aromatic rings. The summed E-state index contributed by atoms with van der Waals surface area (Å²) in [5, 5.41) is 2.89. The van der Waals surface area contributed by atoms with E-state index in [9.17, 15) is 13.6 Å². The second-order valence-electron chi connectivity index (χ2n) is 7.78. The molecule has 0 aliphatic rings. The molecular formula is C27H22F2N2O. The summed E-state index contributed by atoms with van der Waals surface area (Å²) in [7, 11) is 0. The van der Waals surface area contributed by atoms with Crippen LogP contribution in [-0.4, -0.2) is 10.9 Å². The number of amides is 1. The summed E-state index contributed by atoms with van der Waals surface area (Å²) in [6.07, 6.45) is 1.72. The van der Waals surface area contributed by atoms with Gasteiger partial charge in [-0.25, -0.2) is 8.78 Å². The van der Waals surface area contributed by atoms with Gasteiger partial charge in [-0.3, -0.25) is 9.78 Å². The van der Waals surface area contributed by atoms with Crippen molar-refractivity contribution in [2.75, 3.05) is 0 Å². The Hall–Kier alpha value is -3.86. The highest BCUT2D eigenvalue weighted by molar-refractivity contribution is 5.97. The molecule has 1 heterocycles. The van der Waals surface area contributed by atoms with Gasteiger partial charge >= 0.3 is 0 Å². The van der Waals surface area contributed by atoms with Gasteiger partial charge < -0.3 is 5.32 Å². The molecule has 0 fully saturated rings. The maximum atomic E-state index is 14.5. The number of rotatable bonds is 5. The highest BCUT2D eigenvalue weighted by Crippen LogP contribution is 2.30. The minimum atomic E-state index is -0.678. The number of aromatic nitrogens is 1. The smallest absolute Gasteiger partial charge is 0.251 e. The summed E-state index contributed by atoms with van der Waals surface area (Å²) in [5.74, 6) is -1.61. The molecule has 0 spiro atoms. The Bertz CT molecular complexity index is 1270. The molecule has 4 rings (SSSR count). The van der Waals surface area contributed by atoms with E-state index in [4.69, 9.17) is 0 Å². The minimum Gasteiger partial charge on any atom is -0.348 e. The second kappa shape index (κ2) is 9.10. The van der Waals surface area contributed by atoms with E-state index in [1.165, 1.54) is 12.1 Å². The molecular weight excluding hydrogens is 406 g/mol. The molecule has 0 bridgehead atoms. The van der Waals surface area contributed by atoms with Crippen LogP contribution in [-0.2, 0) is 6.54 Å².